The molecule has 6 nitrogen and oxygen atoms in total. The molecule has 176 valence electrons. The predicted molar refractivity (Wildman–Crippen MR) is 134 cm³/mol. The van der Waals surface area contributed by atoms with E-state index in [1.807, 2.05) is 29.9 Å². The Kier molecular flexibility index (Phi) is 5.00. The molecule has 1 aromatic carbocycles. The fraction of sp³-hybridized carbons (Fsp3) is 0.423. The van der Waals surface area contributed by atoms with Crippen molar-refractivity contribution >= 4 is 19.1 Å². The van der Waals surface area contributed by atoms with Crippen molar-refractivity contribution in [3.63, 3.8) is 0 Å². The van der Waals surface area contributed by atoms with Crippen LogP contribution < -0.4 is 0 Å². The molecule has 1 aliphatic carbocycles. The lowest BCUT2D eigenvalue weighted by Gasteiger charge is -2.15. The summed E-state index contributed by atoms with van der Waals surface area (Å²) in [5.41, 5.74) is 7.10. The summed E-state index contributed by atoms with van der Waals surface area (Å²) in [5, 5.41) is 10.7. The summed E-state index contributed by atoms with van der Waals surface area (Å²) in [6, 6.07) is 10.4. The monoisotopic (exact) mass is 475 g/mol. The van der Waals surface area contributed by atoms with Gasteiger partial charge in [-0.1, -0.05) is 19.6 Å². The average molecular weight is 476 g/mol. The molecular formula is C26H30FN5OSi. The molecule has 0 N–H and O–H groups in total. The van der Waals surface area contributed by atoms with Crippen molar-refractivity contribution in [2.24, 2.45) is 5.92 Å². The van der Waals surface area contributed by atoms with Crippen LogP contribution in [0.2, 0.25) is 25.7 Å². The van der Waals surface area contributed by atoms with Crippen LogP contribution in [-0.2, 0) is 17.9 Å². The van der Waals surface area contributed by atoms with E-state index in [9.17, 15) is 4.39 Å². The van der Waals surface area contributed by atoms with Gasteiger partial charge in [0, 0.05) is 48.1 Å². The molecular weight excluding hydrogens is 445 g/mol. The van der Waals surface area contributed by atoms with Crippen molar-refractivity contribution in [2.75, 3.05) is 6.61 Å². The third-order valence-electron chi connectivity index (χ3n) is 7.00. The van der Waals surface area contributed by atoms with E-state index in [1.54, 1.807) is 0 Å². The molecule has 1 fully saturated rings. The van der Waals surface area contributed by atoms with Gasteiger partial charge in [-0.2, -0.15) is 10.2 Å². The zero-order valence-corrected chi connectivity index (χ0v) is 21.2. The van der Waals surface area contributed by atoms with E-state index in [0.29, 0.717) is 18.7 Å². The summed E-state index contributed by atoms with van der Waals surface area (Å²) < 4.78 is 23.7. The van der Waals surface area contributed by atoms with Crippen LogP contribution in [-0.4, -0.2) is 39.2 Å². The Balaban J connectivity index is 1.43. The summed E-state index contributed by atoms with van der Waals surface area (Å²) >= 11 is 0. The maximum Gasteiger partial charge on any atom is 0.161 e. The molecule has 0 saturated heterocycles. The van der Waals surface area contributed by atoms with Crippen molar-refractivity contribution in [3.8, 4) is 22.4 Å². The molecule has 1 aliphatic heterocycles. The van der Waals surface area contributed by atoms with Gasteiger partial charge in [-0.05, 0) is 62.1 Å². The fourth-order valence-electron chi connectivity index (χ4n) is 5.03. The van der Waals surface area contributed by atoms with E-state index < -0.39 is 8.07 Å². The first kappa shape index (κ1) is 21.7. The van der Waals surface area contributed by atoms with E-state index >= 15 is 0 Å². The predicted octanol–water partition coefficient (Wildman–Crippen LogP) is 5.84. The zero-order chi connectivity index (χ0) is 23.6. The number of fused-ring (bicyclic) bond motifs is 4. The van der Waals surface area contributed by atoms with Crippen molar-refractivity contribution in [3.05, 3.63) is 53.7 Å². The molecule has 4 aromatic rings. The second-order valence-corrected chi connectivity index (χ2v) is 16.6. The maximum atomic E-state index is 13.7. The standard InChI is InChI=1S/C26H30FN5OSi/c1-16-11-20(21-14-28-31(26(21)29-16)15-33-9-10-34(2,3)4)24-23-13-18-12-22(18)32(23)30-25(24)17-5-7-19(27)8-6-17/h5-8,11,14,18,22H,9-10,12-13,15H2,1-4H3/t18-,22-/m1/s1. The lowest BCUT2D eigenvalue weighted by molar-refractivity contribution is 0.0813. The van der Waals surface area contributed by atoms with Crippen molar-refractivity contribution in [1.82, 2.24) is 24.5 Å². The molecule has 2 aliphatic rings. The smallest absolute Gasteiger partial charge is 0.161 e. The number of aryl methyl sites for hydroxylation is 1. The molecule has 0 amide bonds. The third-order valence-corrected chi connectivity index (χ3v) is 8.70. The van der Waals surface area contributed by atoms with E-state index in [2.05, 4.69) is 35.5 Å². The van der Waals surface area contributed by atoms with Crippen LogP contribution in [0.4, 0.5) is 4.39 Å². The van der Waals surface area contributed by atoms with Crippen LogP contribution in [0.15, 0.2) is 36.5 Å². The van der Waals surface area contributed by atoms with E-state index in [4.69, 9.17) is 14.8 Å². The number of hydrogen-bond donors (Lipinski definition) is 0. The molecule has 0 unspecified atom stereocenters. The number of rotatable bonds is 7. The van der Waals surface area contributed by atoms with Crippen LogP contribution in [0.3, 0.4) is 0 Å². The van der Waals surface area contributed by atoms with Crippen LogP contribution in [0.1, 0.15) is 23.9 Å². The molecule has 4 heterocycles. The highest BCUT2D eigenvalue weighted by Crippen LogP contribution is 2.55. The minimum atomic E-state index is -1.14. The van der Waals surface area contributed by atoms with Gasteiger partial charge < -0.3 is 4.74 Å². The van der Waals surface area contributed by atoms with E-state index in [1.165, 1.54) is 24.2 Å². The lowest BCUT2D eigenvalue weighted by Crippen LogP contribution is -2.22. The molecule has 0 spiro atoms. The van der Waals surface area contributed by atoms with Crippen molar-refractivity contribution < 1.29 is 9.13 Å². The van der Waals surface area contributed by atoms with Gasteiger partial charge in [0.25, 0.3) is 0 Å². The minimum absolute atomic E-state index is 0.239. The highest BCUT2D eigenvalue weighted by molar-refractivity contribution is 6.76. The quantitative estimate of drug-likeness (QED) is 0.249. The highest BCUT2D eigenvalue weighted by Gasteiger charge is 2.48. The molecule has 6 rings (SSSR count). The van der Waals surface area contributed by atoms with Crippen LogP contribution in [0.5, 0.6) is 0 Å². The van der Waals surface area contributed by atoms with Gasteiger partial charge in [0.05, 0.1) is 12.2 Å². The maximum absolute atomic E-state index is 13.7. The molecule has 0 radical (unpaired) electrons. The Morgan fingerprint density at radius 2 is 1.97 bits per heavy atom. The Morgan fingerprint density at radius 3 is 2.74 bits per heavy atom. The minimum Gasteiger partial charge on any atom is -0.359 e. The van der Waals surface area contributed by atoms with E-state index in [-0.39, 0.29) is 5.82 Å². The number of aromatic nitrogens is 5. The SMILES string of the molecule is Cc1cc(-c2c(-c3ccc(F)cc3)nn3c2C[C@H]2C[C@H]23)c2cnn(COCC[Si](C)(C)C)c2n1. The van der Waals surface area contributed by atoms with Gasteiger partial charge in [0.1, 0.15) is 18.2 Å². The van der Waals surface area contributed by atoms with Gasteiger partial charge in [-0.15, -0.1) is 0 Å². The summed E-state index contributed by atoms with van der Waals surface area (Å²) in [6.07, 6.45) is 4.13. The first-order valence-corrected chi connectivity index (χ1v) is 15.8. The number of nitrogens with zero attached hydrogens (tertiary/aromatic N) is 5. The van der Waals surface area contributed by atoms with Gasteiger partial charge in [-0.3, -0.25) is 4.68 Å². The van der Waals surface area contributed by atoms with Crippen molar-refractivity contribution in [2.45, 2.75) is 58.2 Å². The van der Waals surface area contributed by atoms with Gasteiger partial charge in [0.15, 0.2) is 5.65 Å². The first-order chi connectivity index (χ1) is 16.3. The average Bonchev–Trinajstić information content (AvgIpc) is 3.11. The first-order valence-electron chi connectivity index (χ1n) is 12.1. The number of benzene rings is 1. The summed E-state index contributed by atoms with van der Waals surface area (Å²) in [4.78, 5) is 4.82. The number of pyridine rings is 1. The Labute approximate surface area is 199 Å². The molecule has 0 bridgehead atoms. The van der Waals surface area contributed by atoms with Gasteiger partial charge >= 0.3 is 0 Å². The summed E-state index contributed by atoms with van der Waals surface area (Å²) in [6.45, 7) is 10.2. The second kappa shape index (κ2) is 7.85. The number of ether oxygens (including phenoxy) is 1. The fourth-order valence-corrected chi connectivity index (χ4v) is 5.79. The molecule has 34 heavy (non-hydrogen) atoms. The molecule has 1 saturated carbocycles. The summed E-state index contributed by atoms with van der Waals surface area (Å²) in [7, 11) is -1.14. The van der Waals surface area contributed by atoms with Crippen LogP contribution >= 0.6 is 0 Å². The normalized spacial score (nSPS) is 19.0. The van der Waals surface area contributed by atoms with Crippen LogP contribution in [0, 0.1) is 18.7 Å². The van der Waals surface area contributed by atoms with Gasteiger partial charge in [0.2, 0.25) is 0 Å². The highest BCUT2D eigenvalue weighted by atomic mass is 28.3. The number of halogens is 1. The molecule has 8 heteroatoms. The Hall–Kier alpha value is -2.84. The molecule has 3 aromatic heterocycles. The zero-order valence-electron chi connectivity index (χ0n) is 20.2. The Bertz CT molecular complexity index is 1390. The molecule has 2 atom stereocenters. The number of hydrogen-bond acceptors (Lipinski definition) is 4. The van der Waals surface area contributed by atoms with E-state index in [0.717, 1.165) is 58.2 Å². The van der Waals surface area contributed by atoms with Gasteiger partial charge in [-0.25, -0.2) is 14.1 Å². The summed E-state index contributed by atoms with van der Waals surface area (Å²) in [5.74, 6) is 0.460. The Morgan fingerprint density at radius 1 is 1.18 bits per heavy atom. The van der Waals surface area contributed by atoms with Crippen LogP contribution in [0.25, 0.3) is 33.4 Å². The lowest BCUT2D eigenvalue weighted by atomic mass is 9.95. The second-order valence-electron chi connectivity index (χ2n) is 10.9. The van der Waals surface area contributed by atoms with Crippen molar-refractivity contribution in [1.29, 1.82) is 0 Å². The topological polar surface area (TPSA) is 57.8 Å². The third kappa shape index (κ3) is 3.78. The largest absolute Gasteiger partial charge is 0.359 e.